The number of fused-ring (bicyclic) bond motifs is 1. The van der Waals surface area contributed by atoms with Crippen LogP contribution >= 0.6 is 0 Å². The van der Waals surface area contributed by atoms with E-state index in [-0.39, 0.29) is 0 Å². The first kappa shape index (κ1) is 13.8. The number of benzene rings is 1. The van der Waals surface area contributed by atoms with Crippen molar-refractivity contribution in [2.45, 2.75) is 0 Å². The Balaban J connectivity index is 1.94. The van der Waals surface area contributed by atoms with E-state index in [1.165, 1.54) is 6.20 Å². The van der Waals surface area contributed by atoms with Gasteiger partial charge in [0.05, 0.1) is 18.8 Å². The van der Waals surface area contributed by atoms with Crippen molar-refractivity contribution in [3.8, 4) is 17.2 Å². The molecule has 0 aliphatic rings. The lowest BCUT2D eigenvalue weighted by molar-refractivity contribution is -0.105. The van der Waals surface area contributed by atoms with Crippen molar-refractivity contribution < 1.29 is 14.3 Å². The molecule has 0 saturated carbocycles. The van der Waals surface area contributed by atoms with E-state index in [2.05, 4.69) is 15.3 Å². The minimum atomic E-state index is 0.462. The third-order valence-electron chi connectivity index (χ3n) is 3.08. The Morgan fingerprint density at radius 2 is 1.95 bits per heavy atom. The minimum Gasteiger partial charge on any atom is -0.497 e. The smallest absolute Gasteiger partial charge is 0.212 e. The number of carbonyl (C=O) groups excluding carboxylic acids is 1. The summed E-state index contributed by atoms with van der Waals surface area (Å²) in [6, 6.07) is 10.8. The van der Waals surface area contributed by atoms with E-state index < -0.39 is 0 Å². The third kappa shape index (κ3) is 2.80. The Labute approximate surface area is 126 Å². The normalized spacial score (nSPS) is 10.2. The summed E-state index contributed by atoms with van der Waals surface area (Å²) in [6.07, 6.45) is 3.80. The fraction of sp³-hybridized carbons (Fsp3) is 0.0625. The van der Waals surface area contributed by atoms with E-state index in [4.69, 9.17) is 9.47 Å². The lowest BCUT2D eigenvalue weighted by Crippen LogP contribution is -1.96. The molecule has 0 spiro atoms. The van der Waals surface area contributed by atoms with E-state index >= 15 is 0 Å². The molecule has 6 heteroatoms. The second-order valence-electron chi connectivity index (χ2n) is 4.44. The summed E-state index contributed by atoms with van der Waals surface area (Å²) in [4.78, 5) is 18.7. The van der Waals surface area contributed by atoms with Crippen LogP contribution in [0.3, 0.4) is 0 Å². The quantitative estimate of drug-likeness (QED) is 0.732. The van der Waals surface area contributed by atoms with Gasteiger partial charge in [0.15, 0.2) is 0 Å². The second-order valence-corrected chi connectivity index (χ2v) is 4.44. The number of amides is 1. The lowest BCUT2D eigenvalue weighted by Gasteiger charge is -2.09. The molecular weight excluding hydrogens is 282 g/mol. The van der Waals surface area contributed by atoms with Gasteiger partial charge in [-0.25, -0.2) is 4.98 Å². The molecule has 0 atom stereocenters. The largest absolute Gasteiger partial charge is 0.497 e. The van der Waals surface area contributed by atoms with Crippen LogP contribution in [-0.2, 0) is 4.79 Å². The molecule has 22 heavy (non-hydrogen) atoms. The van der Waals surface area contributed by atoms with Crippen molar-refractivity contribution in [1.82, 2.24) is 9.97 Å². The summed E-state index contributed by atoms with van der Waals surface area (Å²) in [5.74, 6) is 2.41. The topological polar surface area (TPSA) is 73.3 Å². The van der Waals surface area contributed by atoms with Crippen LogP contribution in [0.2, 0.25) is 0 Å². The fourth-order valence-electron chi connectivity index (χ4n) is 2.03. The molecule has 0 unspecified atom stereocenters. The zero-order valence-electron chi connectivity index (χ0n) is 11.8. The van der Waals surface area contributed by atoms with E-state index in [0.717, 1.165) is 16.7 Å². The molecular formula is C16H13N3O3. The second kappa shape index (κ2) is 6.09. The summed E-state index contributed by atoms with van der Waals surface area (Å²) in [5.41, 5.74) is 0.811. The number of aromatic nitrogens is 2. The van der Waals surface area contributed by atoms with Gasteiger partial charge in [-0.05, 0) is 36.4 Å². The highest BCUT2D eigenvalue weighted by atomic mass is 16.5. The number of nitrogens with zero attached hydrogens (tertiary/aromatic N) is 2. The molecule has 3 aromatic rings. The van der Waals surface area contributed by atoms with Gasteiger partial charge in [-0.1, -0.05) is 0 Å². The van der Waals surface area contributed by atoms with Gasteiger partial charge in [-0.15, -0.1) is 0 Å². The monoisotopic (exact) mass is 295 g/mol. The van der Waals surface area contributed by atoms with Gasteiger partial charge >= 0.3 is 0 Å². The Morgan fingerprint density at radius 3 is 2.68 bits per heavy atom. The first-order valence-corrected chi connectivity index (χ1v) is 6.57. The minimum absolute atomic E-state index is 0.462. The number of rotatable bonds is 5. The van der Waals surface area contributed by atoms with Crippen LogP contribution < -0.4 is 14.8 Å². The highest BCUT2D eigenvalue weighted by Crippen LogP contribution is 2.31. The molecule has 1 N–H and O–H groups in total. The van der Waals surface area contributed by atoms with Crippen LogP contribution in [0.5, 0.6) is 17.2 Å². The van der Waals surface area contributed by atoms with Gasteiger partial charge < -0.3 is 14.8 Å². The molecule has 110 valence electrons. The molecule has 0 aliphatic carbocycles. The molecule has 1 aromatic carbocycles. The average molecular weight is 295 g/mol. The van der Waals surface area contributed by atoms with E-state index in [1.807, 2.05) is 18.2 Å². The Kier molecular flexibility index (Phi) is 3.82. The van der Waals surface area contributed by atoms with Gasteiger partial charge in [-0.2, -0.15) is 0 Å². The first-order chi connectivity index (χ1) is 10.8. The molecule has 1 amide bonds. The Hall–Kier alpha value is -3.15. The molecule has 0 saturated heterocycles. The third-order valence-corrected chi connectivity index (χ3v) is 3.08. The van der Waals surface area contributed by atoms with E-state index in [1.54, 1.807) is 31.5 Å². The summed E-state index contributed by atoms with van der Waals surface area (Å²) in [5, 5.41) is 3.31. The maximum Gasteiger partial charge on any atom is 0.212 e. The first-order valence-electron chi connectivity index (χ1n) is 6.57. The van der Waals surface area contributed by atoms with Gasteiger partial charge in [0.25, 0.3) is 0 Å². The van der Waals surface area contributed by atoms with E-state index in [9.17, 15) is 4.79 Å². The predicted octanol–water partition coefficient (Wildman–Crippen LogP) is 3.00. The highest BCUT2D eigenvalue weighted by Gasteiger charge is 2.06. The predicted molar refractivity (Wildman–Crippen MR) is 82.3 cm³/mol. The van der Waals surface area contributed by atoms with Crippen molar-refractivity contribution in [3.05, 3.63) is 48.8 Å². The highest BCUT2D eigenvalue weighted by molar-refractivity contribution is 5.86. The van der Waals surface area contributed by atoms with Crippen molar-refractivity contribution in [3.63, 3.8) is 0 Å². The Morgan fingerprint density at radius 1 is 1.09 bits per heavy atom. The summed E-state index contributed by atoms with van der Waals surface area (Å²) < 4.78 is 11.1. The van der Waals surface area contributed by atoms with Crippen LogP contribution in [0.25, 0.3) is 10.9 Å². The molecule has 2 aromatic heterocycles. The number of anilines is 1. The summed E-state index contributed by atoms with van der Waals surface area (Å²) >= 11 is 0. The van der Waals surface area contributed by atoms with Crippen LogP contribution in [0, 0.1) is 0 Å². The molecule has 0 bridgehead atoms. The maximum atomic E-state index is 10.4. The van der Waals surface area contributed by atoms with Gasteiger partial charge in [0.1, 0.15) is 23.1 Å². The number of ether oxygens (including phenoxy) is 2. The van der Waals surface area contributed by atoms with Gasteiger partial charge in [-0.3, -0.25) is 9.78 Å². The summed E-state index contributed by atoms with van der Waals surface area (Å²) in [7, 11) is 1.61. The standard InChI is InChI=1S/C16H13N3O3/c1-21-11-2-4-14-13(8-11)15(6-7-17-14)22-12-3-5-16(18-9-12)19-10-20/h2-10H,1H3,(H,18,19,20). The number of hydrogen-bond acceptors (Lipinski definition) is 5. The zero-order valence-corrected chi connectivity index (χ0v) is 11.8. The number of carbonyl (C=O) groups is 1. The Bertz CT molecular complexity index is 803. The number of nitrogens with one attached hydrogen (secondary N) is 1. The molecule has 3 rings (SSSR count). The van der Waals surface area contributed by atoms with Crippen LogP contribution in [0.1, 0.15) is 0 Å². The lowest BCUT2D eigenvalue weighted by atomic mass is 10.2. The van der Waals surface area contributed by atoms with Crippen LogP contribution in [0.15, 0.2) is 48.8 Å². The fourth-order valence-corrected chi connectivity index (χ4v) is 2.03. The van der Waals surface area contributed by atoms with Crippen molar-refractivity contribution in [2.24, 2.45) is 0 Å². The molecule has 2 heterocycles. The van der Waals surface area contributed by atoms with Crippen molar-refractivity contribution in [1.29, 1.82) is 0 Å². The summed E-state index contributed by atoms with van der Waals surface area (Å²) in [6.45, 7) is 0. The van der Waals surface area contributed by atoms with Crippen LogP contribution in [0.4, 0.5) is 5.82 Å². The van der Waals surface area contributed by atoms with Crippen molar-refractivity contribution >= 4 is 23.1 Å². The average Bonchev–Trinajstić information content (AvgIpc) is 2.57. The number of methoxy groups -OCH3 is 1. The zero-order chi connectivity index (χ0) is 15.4. The van der Waals surface area contributed by atoms with Gasteiger partial charge in [0, 0.05) is 11.6 Å². The van der Waals surface area contributed by atoms with Crippen LogP contribution in [-0.4, -0.2) is 23.5 Å². The molecule has 0 radical (unpaired) electrons. The molecule has 6 nitrogen and oxygen atoms in total. The SMILES string of the molecule is COc1ccc2nccc(Oc3ccc(NC=O)nc3)c2c1. The number of pyridine rings is 2. The molecule has 0 fully saturated rings. The van der Waals surface area contributed by atoms with E-state index in [0.29, 0.717) is 23.7 Å². The van der Waals surface area contributed by atoms with Crippen molar-refractivity contribution in [2.75, 3.05) is 12.4 Å². The molecule has 0 aliphatic heterocycles. The number of hydrogen-bond donors (Lipinski definition) is 1. The maximum absolute atomic E-state index is 10.4. The van der Waals surface area contributed by atoms with Gasteiger partial charge in [0.2, 0.25) is 6.41 Å².